The van der Waals surface area contributed by atoms with Gasteiger partial charge in [0.15, 0.2) is 0 Å². The molecule has 1 aliphatic rings. The van der Waals surface area contributed by atoms with E-state index in [-0.39, 0.29) is 28.5 Å². The molecule has 152 valence electrons. The van der Waals surface area contributed by atoms with E-state index in [1.54, 1.807) is 24.3 Å². The number of rotatable bonds is 6. The molecule has 0 spiro atoms. The van der Waals surface area contributed by atoms with E-state index in [4.69, 9.17) is 9.84 Å². The molecule has 5 nitrogen and oxygen atoms in total. The van der Waals surface area contributed by atoms with Crippen LogP contribution in [0, 0.1) is 0 Å². The molecule has 2 aromatic rings. The zero-order chi connectivity index (χ0) is 21.2. The number of alkyl halides is 3. The van der Waals surface area contributed by atoms with Gasteiger partial charge in [0.05, 0.1) is 35.4 Å². The molecular formula is C20H16F3NO4S. The van der Waals surface area contributed by atoms with Gasteiger partial charge in [-0.1, -0.05) is 24.3 Å². The minimum absolute atomic E-state index is 0.0308. The lowest BCUT2D eigenvalue weighted by atomic mass is 10.0. The zero-order valence-electron chi connectivity index (χ0n) is 15.2. The van der Waals surface area contributed by atoms with Crippen molar-refractivity contribution in [1.82, 2.24) is 0 Å². The number of carbonyl (C=O) groups excluding carboxylic acids is 2. The highest BCUT2D eigenvalue weighted by molar-refractivity contribution is 8.04. The summed E-state index contributed by atoms with van der Waals surface area (Å²) >= 11 is 0.966. The molecule has 0 aliphatic carbocycles. The van der Waals surface area contributed by atoms with Gasteiger partial charge >= 0.3 is 6.18 Å². The third kappa shape index (κ3) is 4.01. The molecule has 0 radical (unpaired) electrons. The topological polar surface area (TPSA) is 66.8 Å². The molecule has 1 N–H and O–H groups in total. The Morgan fingerprint density at radius 3 is 2.45 bits per heavy atom. The lowest BCUT2D eigenvalue weighted by Crippen LogP contribution is -2.31. The minimum atomic E-state index is -4.62. The van der Waals surface area contributed by atoms with Gasteiger partial charge in [-0.15, -0.1) is 11.8 Å². The Labute approximate surface area is 168 Å². The lowest BCUT2D eigenvalue weighted by molar-refractivity contribution is -0.137. The van der Waals surface area contributed by atoms with Gasteiger partial charge in [-0.25, -0.2) is 4.90 Å². The third-order valence-corrected chi connectivity index (χ3v) is 5.24. The van der Waals surface area contributed by atoms with Gasteiger partial charge in [-0.3, -0.25) is 9.59 Å². The first-order valence-electron chi connectivity index (χ1n) is 8.47. The summed E-state index contributed by atoms with van der Waals surface area (Å²) in [6.45, 7) is -0.238. The number of halogens is 3. The number of thioether (sulfide) groups is 1. The van der Waals surface area contributed by atoms with Crippen LogP contribution in [0.25, 0.3) is 5.57 Å². The molecule has 0 unspecified atom stereocenters. The van der Waals surface area contributed by atoms with Gasteiger partial charge in [0, 0.05) is 11.3 Å². The van der Waals surface area contributed by atoms with Crippen molar-refractivity contribution in [2.75, 3.05) is 24.4 Å². The molecule has 1 heterocycles. The number of imide groups is 1. The van der Waals surface area contributed by atoms with E-state index in [1.807, 2.05) is 0 Å². The first kappa shape index (κ1) is 20.9. The summed E-state index contributed by atoms with van der Waals surface area (Å²) in [6.07, 6.45) is -4.62. The number of aliphatic hydroxyl groups is 1. The van der Waals surface area contributed by atoms with Crippen molar-refractivity contribution in [2.24, 2.45) is 0 Å². The molecule has 0 atom stereocenters. The van der Waals surface area contributed by atoms with Crippen molar-refractivity contribution >= 4 is 34.8 Å². The van der Waals surface area contributed by atoms with Gasteiger partial charge in [-0.05, 0) is 24.3 Å². The number of hydrogen-bond acceptors (Lipinski definition) is 5. The number of benzene rings is 2. The SMILES string of the molecule is COc1ccccc1C1=C(SCCO)C(=O)N(c2cccc(C(F)(F)F)c2)C1=O. The second kappa shape index (κ2) is 8.30. The number of methoxy groups -OCH3 is 1. The standard InChI is InChI=1S/C20H16F3NO4S/c1-28-15-8-3-2-7-14(15)16-17(29-10-9-25)19(27)24(18(16)26)13-6-4-5-12(11-13)20(21,22)23/h2-8,11,25H,9-10H2,1H3. The van der Waals surface area contributed by atoms with Crippen LogP contribution in [-0.4, -0.2) is 36.4 Å². The highest BCUT2D eigenvalue weighted by Crippen LogP contribution is 2.42. The second-order valence-electron chi connectivity index (χ2n) is 5.97. The summed E-state index contributed by atoms with van der Waals surface area (Å²) in [6, 6.07) is 10.6. The van der Waals surface area contributed by atoms with E-state index in [0.717, 1.165) is 34.9 Å². The number of para-hydroxylation sites is 1. The molecule has 0 saturated carbocycles. The maximum absolute atomic E-state index is 13.2. The smallest absolute Gasteiger partial charge is 0.416 e. The van der Waals surface area contributed by atoms with Gasteiger partial charge in [-0.2, -0.15) is 13.2 Å². The average Bonchev–Trinajstić information content (AvgIpc) is 2.95. The fourth-order valence-corrected chi connectivity index (χ4v) is 3.79. The molecule has 2 amide bonds. The van der Waals surface area contributed by atoms with Crippen molar-refractivity contribution in [3.8, 4) is 5.75 Å². The molecule has 2 aromatic carbocycles. The van der Waals surface area contributed by atoms with Crippen LogP contribution in [0.2, 0.25) is 0 Å². The molecule has 1 aliphatic heterocycles. The molecule has 9 heteroatoms. The van der Waals surface area contributed by atoms with Crippen LogP contribution in [0.1, 0.15) is 11.1 Å². The maximum atomic E-state index is 13.2. The minimum Gasteiger partial charge on any atom is -0.496 e. The fourth-order valence-electron chi connectivity index (χ4n) is 2.94. The largest absolute Gasteiger partial charge is 0.496 e. The number of carbonyl (C=O) groups is 2. The van der Waals surface area contributed by atoms with Crippen molar-refractivity contribution in [3.05, 3.63) is 64.6 Å². The maximum Gasteiger partial charge on any atom is 0.416 e. The van der Waals surface area contributed by atoms with Gasteiger partial charge in [0.25, 0.3) is 11.8 Å². The summed E-state index contributed by atoms with van der Waals surface area (Å²) in [5.41, 5.74) is -0.765. The van der Waals surface area contributed by atoms with Crippen LogP contribution in [-0.2, 0) is 15.8 Å². The Bertz CT molecular complexity index is 988. The number of nitrogens with zero attached hydrogens (tertiary/aromatic N) is 1. The third-order valence-electron chi connectivity index (χ3n) is 4.19. The van der Waals surface area contributed by atoms with Crippen LogP contribution < -0.4 is 9.64 Å². The van der Waals surface area contributed by atoms with Crippen LogP contribution in [0.4, 0.5) is 18.9 Å². The summed E-state index contributed by atoms with van der Waals surface area (Å²) in [4.78, 5) is 26.9. The Morgan fingerprint density at radius 1 is 1.07 bits per heavy atom. The predicted molar refractivity (Wildman–Crippen MR) is 103 cm³/mol. The fraction of sp³-hybridized carbons (Fsp3) is 0.200. The molecule has 0 fully saturated rings. The van der Waals surface area contributed by atoms with E-state index >= 15 is 0 Å². The lowest BCUT2D eigenvalue weighted by Gasteiger charge is -2.17. The Hall–Kier alpha value is -2.78. The molecule has 0 saturated heterocycles. The molecule has 0 bridgehead atoms. The van der Waals surface area contributed by atoms with Crippen molar-refractivity contribution in [3.63, 3.8) is 0 Å². The van der Waals surface area contributed by atoms with Crippen molar-refractivity contribution in [2.45, 2.75) is 6.18 Å². The van der Waals surface area contributed by atoms with Crippen LogP contribution in [0.3, 0.4) is 0 Å². The first-order valence-corrected chi connectivity index (χ1v) is 9.45. The Kier molecular flexibility index (Phi) is 5.99. The van der Waals surface area contributed by atoms with Gasteiger partial charge in [0.2, 0.25) is 0 Å². The van der Waals surface area contributed by atoms with E-state index < -0.39 is 23.6 Å². The average molecular weight is 423 g/mol. The second-order valence-corrected chi connectivity index (χ2v) is 7.08. The normalized spacial score (nSPS) is 14.7. The van der Waals surface area contributed by atoms with Gasteiger partial charge in [0.1, 0.15) is 5.75 Å². The van der Waals surface area contributed by atoms with E-state index in [1.165, 1.54) is 13.2 Å². The number of anilines is 1. The molecule has 3 rings (SSSR count). The van der Waals surface area contributed by atoms with Crippen molar-refractivity contribution < 1.29 is 32.6 Å². The predicted octanol–water partition coefficient (Wildman–Crippen LogP) is 3.72. The quantitative estimate of drug-likeness (QED) is 0.718. The first-order chi connectivity index (χ1) is 13.8. The monoisotopic (exact) mass is 423 g/mol. The summed E-state index contributed by atoms with van der Waals surface area (Å²) < 4.78 is 44.5. The van der Waals surface area contributed by atoms with E-state index in [2.05, 4.69) is 0 Å². The van der Waals surface area contributed by atoms with Crippen LogP contribution in [0.5, 0.6) is 5.75 Å². The molecule has 29 heavy (non-hydrogen) atoms. The van der Waals surface area contributed by atoms with E-state index in [9.17, 15) is 22.8 Å². The van der Waals surface area contributed by atoms with Crippen LogP contribution >= 0.6 is 11.8 Å². The van der Waals surface area contributed by atoms with Crippen molar-refractivity contribution in [1.29, 1.82) is 0 Å². The highest BCUT2D eigenvalue weighted by Gasteiger charge is 2.42. The summed E-state index contributed by atoms with van der Waals surface area (Å²) in [5, 5.41) is 9.14. The highest BCUT2D eigenvalue weighted by atomic mass is 32.2. The zero-order valence-corrected chi connectivity index (χ0v) is 16.0. The molecule has 0 aromatic heterocycles. The number of amides is 2. The molecular weight excluding hydrogens is 407 g/mol. The number of aliphatic hydroxyl groups excluding tert-OH is 1. The summed E-state index contributed by atoms with van der Waals surface area (Å²) in [7, 11) is 1.41. The number of hydrogen-bond donors (Lipinski definition) is 1. The Morgan fingerprint density at radius 2 is 1.79 bits per heavy atom. The Balaban J connectivity index is 2.12. The summed E-state index contributed by atoms with van der Waals surface area (Å²) in [5.74, 6) is -1.01. The van der Waals surface area contributed by atoms with Crippen LogP contribution in [0.15, 0.2) is 53.4 Å². The number of ether oxygens (including phenoxy) is 1. The van der Waals surface area contributed by atoms with Gasteiger partial charge < -0.3 is 9.84 Å². The van der Waals surface area contributed by atoms with E-state index in [0.29, 0.717) is 11.3 Å².